The van der Waals surface area contributed by atoms with Crippen molar-refractivity contribution in [2.45, 2.75) is 24.1 Å². The van der Waals surface area contributed by atoms with Crippen molar-refractivity contribution in [3.63, 3.8) is 0 Å². The van der Waals surface area contributed by atoms with Crippen molar-refractivity contribution in [2.24, 2.45) is 0 Å². The summed E-state index contributed by atoms with van der Waals surface area (Å²) in [6, 6.07) is 11.6. The van der Waals surface area contributed by atoms with Crippen molar-refractivity contribution in [3.8, 4) is 0 Å². The highest BCUT2D eigenvalue weighted by Crippen LogP contribution is 2.39. The molecule has 1 aliphatic heterocycles. The van der Waals surface area contributed by atoms with E-state index >= 15 is 0 Å². The molecule has 6 nitrogen and oxygen atoms in total. The second-order valence-corrected chi connectivity index (χ2v) is 11.1. The lowest BCUT2D eigenvalue weighted by atomic mass is 10.1. The van der Waals surface area contributed by atoms with E-state index in [0.29, 0.717) is 23.7 Å². The number of anilines is 2. The van der Waals surface area contributed by atoms with E-state index < -0.39 is 10.0 Å². The van der Waals surface area contributed by atoms with Crippen LogP contribution in [0.5, 0.6) is 0 Å². The van der Waals surface area contributed by atoms with Gasteiger partial charge in [0.1, 0.15) is 21.2 Å². The number of hydrogen-bond acceptors (Lipinski definition) is 7. The van der Waals surface area contributed by atoms with Crippen LogP contribution < -0.4 is 5.32 Å². The lowest BCUT2D eigenvalue weighted by Crippen LogP contribution is -2.34. The fourth-order valence-corrected chi connectivity index (χ4v) is 7.44. The second kappa shape index (κ2) is 7.17. The van der Waals surface area contributed by atoms with Gasteiger partial charge in [-0.1, -0.05) is 18.2 Å². The van der Waals surface area contributed by atoms with E-state index in [9.17, 15) is 8.42 Å². The van der Waals surface area contributed by atoms with E-state index in [4.69, 9.17) is 0 Å². The van der Waals surface area contributed by atoms with Crippen LogP contribution in [0.25, 0.3) is 10.2 Å². The summed E-state index contributed by atoms with van der Waals surface area (Å²) >= 11 is 2.81. The van der Waals surface area contributed by atoms with Gasteiger partial charge in [0, 0.05) is 23.7 Å². The fraction of sp³-hybridized carbons (Fsp3) is 0.200. The van der Waals surface area contributed by atoms with E-state index in [1.807, 2.05) is 12.1 Å². The second-order valence-electron chi connectivity index (χ2n) is 6.92. The maximum atomic E-state index is 12.9. The third-order valence-electron chi connectivity index (χ3n) is 4.97. The summed E-state index contributed by atoms with van der Waals surface area (Å²) in [6.45, 7) is 2.88. The Kier molecular flexibility index (Phi) is 4.62. The molecule has 29 heavy (non-hydrogen) atoms. The Bertz CT molecular complexity index is 1300. The van der Waals surface area contributed by atoms with E-state index in [-0.39, 0.29) is 0 Å². The van der Waals surface area contributed by atoms with Crippen LogP contribution in [0.2, 0.25) is 0 Å². The molecule has 4 heterocycles. The number of hydrogen-bond donors (Lipinski definition) is 1. The molecule has 148 valence electrons. The molecule has 9 heteroatoms. The van der Waals surface area contributed by atoms with Crippen LogP contribution >= 0.6 is 22.7 Å². The molecule has 0 spiro atoms. The molecule has 0 saturated heterocycles. The Balaban J connectivity index is 1.52. The molecule has 5 rings (SSSR count). The zero-order chi connectivity index (χ0) is 20.0. The predicted octanol–water partition coefficient (Wildman–Crippen LogP) is 4.55. The zero-order valence-corrected chi connectivity index (χ0v) is 18.1. The number of rotatable bonds is 4. The number of thiophene rings is 2. The SMILES string of the molecule is Cc1cccc(Nc2ncnc3sc4c(c23)CCN(S(=O)(=O)c2cccs2)C4)c1. The number of benzene rings is 1. The summed E-state index contributed by atoms with van der Waals surface area (Å²) in [5.74, 6) is 0.771. The lowest BCUT2D eigenvalue weighted by Gasteiger charge is -2.25. The van der Waals surface area contributed by atoms with Gasteiger partial charge in [0.2, 0.25) is 0 Å². The van der Waals surface area contributed by atoms with Crippen LogP contribution in [0.1, 0.15) is 16.0 Å². The van der Waals surface area contributed by atoms with Crippen LogP contribution in [0.15, 0.2) is 52.3 Å². The minimum atomic E-state index is -3.46. The number of aromatic nitrogens is 2. The summed E-state index contributed by atoms with van der Waals surface area (Å²) in [7, 11) is -3.46. The van der Waals surface area contributed by atoms with Gasteiger partial charge in [0.05, 0.1) is 5.39 Å². The van der Waals surface area contributed by atoms with E-state index in [2.05, 4.69) is 34.3 Å². The molecule has 3 aromatic heterocycles. The van der Waals surface area contributed by atoms with Gasteiger partial charge in [0.15, 0.2) is 0 Å². The maximum absolute atomic E-state index is 12.9. The van der Waals surface area contributed by atoms with E-state index in [1.54, 1.807) is 39.5 Å². The minimum Gasteiger partial charge on any atom is -0.340 e. The molecule has 0 bridgehead atoms. The van der Waals surface area contributed by atoms with Crippen LogP contribution in [-0.2, 0) is 23.0 Å². The van der Waals surface area contributed by atoms with Gasteiger partial charge in [-0.05, 0) is 48.1 Å². The summed E-state index contributed by atoms with van der Waals surface area (Å²) in [4.78, 5) is 10.8. The van der Waals surface area contributed by atoms with Gasteiger partial charge in [-0.3, -0.25) is 0 Å². The Labute approximate surface area is 176 Å². The molecule has 0 saturated carbocycles. The number of aryl methyl sites for hydroxylation is 1. The third kappa shape index (κ3) is 3.33. The smallest absolute Gasteiger partial charge is 0.252 e. The first-order chi connectivity index (χ1) is 14.0. The first kappa shape index (κ1) is 18.7. The standard InChI is InChI=1S/C20H18N4O2S3/c1-13-4-2-5-14(10-13)23-19-18-15-7-8-24(29(25,26)17-6-3-9-27-17)11-16(15)28-20(18)22-12-21-19/h2-6,9-10,12H,7-8,11H2,1H3,(H,21,22,23). The molecule has 1 aliphatic rings. The average molecular weight is 443 g/mol. The van der Waals surface area contributed by atoms with Gasteiger partial charge < -0.3 is 5.32 Å². The van der Waals surface area contributed by atoms with Crippen molar-refractivity contribution in [1.29, 1.82) is 0 Å². The maximum Gasteiger partial charge on any atom is 0.252 e. The van der Waals surface area contributed by atoms with Crippen molar-refractivity contribution < 1.29 is 8.42 Å². The van der Waals surface area contributed by atoms with E-state index in [0.717, 1.165) is 32.2 Å². The highest BCUT2D eigenvalue weighted by atomic mass is 32.2. The van der Waals surface area contributed by atoms with Crippen LogP contribution in [-0.4, -0.2) is 29.2 Å². The zero-order valence-electron chi connectivity index (χ0n) is 15.6. The molecule has 1 N–H and O–H groups in total. The molecular weight excluding hydrogens is 424 g/mol. The summed E-state index contributed by atoms with van der Waals surface area (Å²) in [5, 5.41) is 6.21. The van der Waals surface area contributed by atoms with Crippen molar-refractivity contribution in [2.75, 3.05) is 11.9 Å². The fourth-order valence-electron chi connectivity index (χ4n) is 3.60. The molecule has 0 unspecified atom stereocenters. The largest absolute Gasteiger partial charge is 0.340 e. The molecule has 0 fully saturated rings. The summed E-state index contributed by atoms with van der Waals surface area (Å²) in [5.41, 5.74) is 3.29. The van der Waals surface area contributed by atoms with Crippen LogP contribution in [0.4, 0.5) is 11.5 Å². The van der Waals surface area contributed by atoms with Crippen LogP contribution in [0.3, 0.4) is 0 Å². The third-order valence-corrected chi connectivity index (χ3v) is 9.31. The number of fused-ring (bicyclic) bond motifs is 3. The Morgan fingerprint density at radius 2 is 2.07 bits per heavy atom. The summed E-state index contributed by atoms with van der Waals surface area (Å²) in [6.07, 6.45) is 2.21. The Morgan fingerprint density at radius 3 is 2.86 bits per heavy atom. The molecular formula is C20H18N4O2S3. The molecule has 0 radical (unpaired) electrons. The molecule has 4 aromatic rings. The highest BCUT2D eigenvalue weighted by Gasteiger charge is 2.32. The number of nitrogens with zero attached hydrogens (tertiary/aromatic N) is 3. The minimum absolute atomic E-state index is 0.375. The van der Waals surface area contributed by atoms with Gasteiger partial charge in [0.25, 0.3) is 10.0 Å². The van der Waals surface area contributed by atoms with Crippen molar-refractivity contribution >= 4 is 54.4 Å². The van der Waals surface area contributed by atoms with E-state index in [1.165, 1.54) is 16.9 Å². The Hall–Kier alpha value is -2.33. The van der Waals surface area contributed by atoms with Gasteiger partial charge >= 0.3 is 0 Å². The monoisotopic (exact) mass is 442 g/mol. The molecule has 0 atom stereocenters. The first-order valence-corrected chi connectivity index (χ1v) is 12.3. The average Bonchev–Trinajstić information content (AvgIpc) is 3.36. The number of sulfonamides is 1. The van der Waals surface area contributed by atoms with Gasteiger partial charge in [-0.2, -0.15) is 4.31 Å². The summed E-state index contributed by atoms with van der Waals surface area (Å²) < 4.78 is 27.8. The molecule has 0 amide bonds. The Morgan fingerprint density at radius 1 is 1.17 bits per heavy atom. The number of nitrogens with one attached hydrogen (secondary N) is 1. The van der Waals surface area contributed by atoms with Gasteiger partial charge in [-0.15, -0.1) is 22.7 Å². The quantitative estimate of drug-likeness (QED) is 0.502. The van der Waals surface area contributed by atoms with Crippen LogP contribution in [0, 0.1) is 6.92 Å². The van der Waals surface area contributed by atoms with Gasteiger partial charge in [-0.25, -0.2) is 18.4 Å². The predicted molar refractivity (Wildman–Crippen MR) is 117 cm³/mol. The molecule has 0 aliphatic carbocycles. The van der Waals surface area contributed by atoms with Crippen molar-refractivity contribution in [3.05, 3.63) is 64.1 Å². The molecule has 1 aromatic carbocycles. The first-order valence-electron chi connectivity index (χ1n) is 9.15. The van der Waals surface area contributed by atoms with Crippen molar-refractivity contribution in [1.82, 2.24) is 14.3 Å². The normalized spacial score (nSPS) is 14.8. The lowest BCUT2D eigenvalue weighted by molar-refractivity contribution is 0.397. The highest BCUT2D eigenvalue weighted by molar-refractivity contribution is 7.91. The topological polar surface area (TPSA) is 75.2 Å².